The average molecular weight is 230 g/mol. The SMILES string of the molecule is C=CCn1c([C@@H](O)CCC)nc2ccccc21. The number of hydrogen-bond donors (Lipinski definition) is 1. The van der Waals surface area contributed by atoms with Crippen molar-refractivity contribution in [2.24, 2.45) is 0 Å². The zero-order valence-electron chi connectivity index (χ0n) is 10.1. The molecule has 0 bridgehead atoms. The first-order valence-electron chi connectivity index (χ1n) is 6.02. The molecule has 0 aliphatic heterocycles. The summed E-state index contributed by atoms with van der Waals surface area (Å²) < 4.78 is 2.03. The zero-order valence-corrected chi connectivity index (χ0v) is 10.1. The van der Waals surface area contributed by atoms with E-state index in [-0.39, 0.29) is 0 Å². The van der Waals surface area contributed by atoms with Gasteiger partial charge in [0.1, 0.15) is 11.9 Å². The highest BCUT2D eigenvalue weighted by Gasteiger charge is 2.16. The van der Waals surface area contributed by atoms with Crippen LogP contribution in [0.25, 0.3) is 11.0 Å². The molecular weight excluding hydrogens is 212 g/mol. The Balaban J connectivity index is 2.52. The molecule has 1 aromatic heterocycles. The van der Waals surface area contributed by atoms with E-state index in [0.29, 0.717) is 6.54 Å². The Morgan fingerprint density at radius 1 is 1.47 bits per heavy atom. The number of aliphatic hydroxyl groups is 1. The summed E-state index contributed by atoms with van der Waals surface area (Å²) >= 11 is 0. The van der Waals surface area contributed by atoms with Gasteiger partial charge in [0.25, 0.3) is 0 Å². The van der Waals surface area contributed by atoms with Crippen LogP contribution in [-0.4, -0.2) is 14.7 Å². The van der Waals surface area contributed by atoms with Crippen LogP contribution < -0.4 is 0 Å². The molecule has 0 spiro atoms. The fraction of sp³-hybridized carbons (Fsp3) is 0.357. The summed E-state index contributed by atoms with van der Waals surface area (Å²) in [4.78, 5) is 4.52. The Hall–Kier alpha value is -1.61. The fourth-order valence-corrected chi connectivity index (χ4v) is 2.07. The van der Waals surface area contributed by atoms with Crippen LogP contribution in [0.3, 0.4) is 0 Å². The highest BCUT2D eigenvalue weighted by Crippen LogP contribution is 2.23. The van der Waals surface area contributed by atoms with Crippen molar-refractivity contribution in [3.05, 3.63) is 42.7 Å². The van der Waals surface area contributed by atoms with Crippen molar-refractivity contribution in [2.45, 2.75) is 32.4 Å². The molecule has 1 aromatic carbocycles. The average Bonchev–Trinajstić information content (AvgIpc) is 2.70. The van der Waals surface area contributed by atoms with Crippen LogP contribution in [0.4, 0.5) is 0 Å². The molecule has 1 N–H and O–H groups in total. The second kappa shape index (κ2) is 5.15. The standard InChI is InChI=1S/C14H18N2O/c1-3-7-13(17)14-15-11-8-5-6-9-12(11)16(14)10-4-2/h4-6,8-9,13,17H,2-3,7,10H2,1H3/t13-/m0/s1. The third-order valence-electron chi connectivity index (χ3n) is 2.86. The second-order valence-corrected chi connectivity index (χ2v) is 4.16. The maximum absolute atomic E-state index is 10.1. The second-order valence-electron chi connectivity index (χ2n) is 4.16. The first-order chi connectivity index (χ1) is 8.27. The van der Waals surface area contributed by atoms with E-state index in [1.165, 1.54) is 0 Å². The van der Waals surface area contributed by atoms with Gasteiger partial charge in [-0.1, -0.05) is 31.6 Å². The quantitative estimate of drug-likeness (QED) is 0.802. The van der Waals surface area contributed by atoms with Crippen molar-refractivity contribution in [3.63, 3.8) is 0 Å². The Morgan fingerprint density at radius 3 is 2.94 bits per heavy atom. The van der Waals surface area contributed by atoms with E-state index in [4.69, 9.17) is 0 Å². The summed E-state index contributed by atoms with van der Waals surface area (Å²) in [5.41, 5.74) is 1.98. The van der Waals surface area contributed by atoms with Crippen LogP contribution in [-0.2, 0) is 6.54 Å². The van der Waals surface area contributed by atoms with Gasteiger partial charge in [0.2, 0.25) is 0 Å². The number of aliphatic hydroxyl groups excluding tert-OH is 1. The number of allylic oxidation sites excluding steroid dienone is 1. The summed E-state index contributed by atoms with van der Waals surface area (Å²) in [7, 11) is 0. The van der Waals surface area contributed by atoms with Crippen LogP contribution >= 0.6 is 0 Å². The number of fused-ring (bicyclic) bond motifs is 1. The van der Waals surface area contributed by atoms with Gasteiger partial charge < -0.3 is 9.67 Å². The lowest BCUT2D eigenvalue weighted by Crippen LogP contribution is -2.08. The molecule has 0 saturated heterocycles. The molecule has 0 aliphatic rings. The minimum atomic E-state index is -0.493. The number of imidazole rings is 1. The number of aromatic nitrogens is 2. The zero-order chi connectivity index (χ0) is 12.3. The van der Waals surface area contributed by atoms with E-state index in [1.54, 1.807) is 0 Å². The van der Waals surface area contributed by atoms with E-state index in [2.05, 4.69) is 18.5 Å². The van der Waals surface area contributed by atoms with Gasteiger partial charge in [-0.2, -0.15) is 0 Å². The molecular formula is C14H18N2O. The van der Waals surface area contributed by atoms with Gasteiger partial charge in [-0.15, -0.1) is 6.58 Å². The first kappa shape index (κ1) is 11.9. The van der Waals surface area contributed by atoms with Gasteiger partial charge in [0.05, 0.1) is 11.0 Å². The lowest BCUT2D eigenvalue weighted by molar-refractivity contribution is 0.153. The van der Waals surface area contributed by atoms with E-state index in [0.717, 1.165) is 29.7 Å². The minimum Gasteiger partial charge on any atom is -0.385 e. The highest BCUT2D eigenvalue weighted by molar-refractivity contribution is 5.76. The van der Waals surface area contributed by atoms with Crippen LogP contribution in [0.15, 0.2) is 36.9 Å². The lowest BCUT2D eigenvalue weighted by atomic mass is 10.2. The normalized spacial score (nSPS) is 12.8. The number of hydrogen-bond acceptors (Lipinski definition) is 2. The molecule has 0 unspecified atom stereocenters. The number of rotatable bonds is 5. The van der Waals surface area contributed by atoms with Crippen molar-refractivity contribution in [2.75, 3.05) is 0 Å². The lowest BCUT2D eigenvalue weighted by Gasteiger charge is -2.11. The maximum Gasteiger partial charge on any atom is 0.139 e. The smallest absolute Gasteiger partial charge is 0.139 e. The Morgan fingerprint density at radius 2 is 2.24 bits per heavy atom. The molecule has 3 heteroatoms. The molecule has 1 atom stereocenters. The number of para-hydroxylation sites is 2. The molecule has 3 nitrogen and oxygen atoms in total. The topological polar surface area (TPSA) is 38.0 Å². The predicted molar refractivity (Wildman–Crippen MR) is 69.8 cm³/mol. The summed E-state index contributed by atoms with van der Waals surface area (Å²) in [6.07, 6.45) is 3.02. The van der Waals surface area contributed by atoms with Gasteiger partial charge in [-0.25, -0.2) is 4.98 Å². The van der Waals surface area contributed by atoms with Gasteiger partial charge >= 0.3 is 0 Å². The predicted octanol–water partition coefficient (Wildman–Crippen LogP) is 3.06. The third kappa shape index (κ3) is 2.24. The van der Waals surface area contributed by atoms with Crippen molar-refractivity contribution in [1.82, 2.24) is 9.55 Å². The summed E-state index contributed by atoms with van der Waals surface area (Å²) in [5, 5.41) is 10.1. The van der Waals surface area contributed by atoms with Crippen LogP contribution in [0.5, 0.6) is 0 Å². The molecule has 0 saturated carbocycles. The molecule has 90 valence electrons. The molecule has 0 aliphatic carbocycles. The third-order valence-corrected chi connectivity index (χ3v) is 2.86. The largest absolute Gasteiger partial charge is 0.385 e. The number of nitrogens with zero attached hydrogens (tertiary/aromatic N) is 2. The van der Waals surface area contributed by atoms with Crippen LogP contribution in [0.2, 0.25) is 0 Å². The van der Waals surface area contributed by atoms with E-state index < -0.39 is 6.10 Å². The summed E-state index contributed by atoms with van der Waals surface area (Å²) in [5.74, 6) is 0.743. The van der Waals surface area contributed by atoms with Gasteiger partial charge in [-0.05, 0) is 18.6 Å². The monoisotopic (exact) mass is 230 g/mol. The van der Waals surface area contributed by atoms with Crippen molar-refractivity contribution in [3.8, 4) is 0 Å². The van der Waals surface area contributed by atoms with E-state index >= 15 is 0 Å². The van der Waals surface area contributed by atoms with Gasteiger partial charge in [0.15, 0.2) is 0 Å². The van der Waals surface area contributed by atoms with Gasteiger partial charge in [-0.3, -0.25) is 0 Å². The van der Waals surface area contributed by atoms with Crippen molar-refractivity contribution in [1.29, 1.82) is 0 Å². The maximum atomic E-state index is 10.1. The summed E-state index contributed by atoms with van der Waals surface area (Å²) in [6.45, 7) is 6.50. The fourth-order valence-electron chi connectivity index (χ4n) is 2.07. The molecule has 17 heavy (non-hydrogen) atoms. The Kier molecular flexibility index (Phi) is 3.59. The van der Waals surface area contributed by atoms with E-state index in [1.807, 2.05) is 34.9 Å². The van der Waals surface area contributed by atoms with E-state index in [9.17, 15) is 5.11 Å². The van der Waals surface area contributed by atoms with Crippen LogP contribution in [0.1, 0.15) is 31.7 Å². The minimum absolute atomic E-state index is 0.493. The molecule has 2 aromatic rings. The summed E-state index contributed by atoms with van der Waals surface area (Å²) in [6, 6.07) is 7.94. The molecule has 2 rings (SSSR count). The van der Waals surface area contributed by atoms with Crippen molar-refractivity contribution >= 4 is 11.0 Å². The Labute approximate surface area is 101 Å². The van der Waals surface area contributed by atoms with Gasteiger partial charge in [0, 0.05) is 6.54 Å². The number of benzene rings is 1. The first-order valence-corrected chi connectivity index (χ1v) is 6.02. The molecule has 0 radical (unpaired) electrons. The van der Waals surface area contributed by atoms with Crippen molar-refractivity contribution < 1.29 is 5.11 Å². The van der Waals surface area contributed by atoms with Crippen LogP contribution in [0, 0.1) is 0 Å². The highest BCUT2D eigenvalue weighted by atomic mass is 16.3. The molecule has 1 heterocycles. The molecule has 0 fully saturated rings. The Bertz CT molecular complexity index is 516. The molecule has 0 amide bonds.